The van der Waals surface area contributed by atoms with Gasteiger partial charge in [0.05, 0.1) is 12.7 Å². The molecule has 0 bridgehead atoms. The third-order valence-electron chi connectivity index (χ3n) is 12.2. The lowest BCUT2D eigenvalue weighted by molar-refractivity contribution is -0.0722. The fourth-order valence-corrected chi connectivity index (χ4v) is 9.92. The first kappa shape index (κ1) is 32.3. The largest absolute Gasteiger partial charge is 0.508 e. The molecule has 2 N–H and O–H groups in total. The highest BCUT2D eigenvalue weighted by Crippen LogP contribution is 2.63. The number of halogens is 1. The molecule has 2 aromatic carbocycles. The number of aliphatic hydroxyl groups is 1. The fourth-order valence-electron chi connectivity index (χ4n) is 9.92. The van der Waals surface area contributed by atoms with Gasteiger partial charge in [-0.25, -0.2) is 4.39 Å². The predicted octanol–water partition coefficient (Wildman–Crippen LogP) is 8.47. The van der Waals surface area contributed by atoms with E-state index in [4.69, 9.17) is 4.74 Å². The Hall–Kier alpha value is -2.60. The lowest BCUT2D eigenvalue weighted by atomic mass is 9.51. The predicted molar refractivity (Wildman–Crippen MR) is 176 cm³/mol. The summed E-state index contributed by atoms with van der Waals surface area (Å²) in [5, 5.41) is 21.2. The Bertz CT molecular complexity index is 1290. The van der Waals surface area contributed by atoms with Crippen LogP contribution in [0, 0.1) is 29.1 Å². The highest BCUT2D eigenvalue weighted by Gasteiger charge is 2.59. The first-order valence-electron chi connectivity index (χ1n) is 17.9. The van der Waals surface area contributed by atoms with Gasteiger partial charge >= 0.3 is 0 Å². The molecule has 4 aliphatic carbocycles. The Balaban J connectivity index is 1.11. The van der Waals surface area contributed by atoms with Crippen LogP contribution >= 0.6 is 0 Å². The maximum atomic E-state index is 16.1. The second kappa shape index (κ2) is 14.0. The van der Waals surface area contributed by atoms with Crippen LogP contribution in [0.1, 0.15) is 118 Å². The number of nitrogens with zero attached hydrogens (tertiary/aromatic N) is 1. The first-order chi connectivity index (χ1) is 21.8. The first-order valence-corrected chi connectivity index (χ1v) is 17.9. The van der Waals surface area contributed by atoms with Crippen molar-refractivity contribution in [2.45, 2.75) is 116 Å². The SMILES string of the molecule is CCOc1ccc(C(=O)N(CCCCCC2Cc3cc(O)ccc3C3C(F)C[C@]4(C)C(O)CCC4C23)CC2CCCCC2)cc1. The van der Waals surface area contributed by atoms with E-state index >= 15 is 4.39 Å². The molecular formula is C39H54FNO4. The Morgan fingerprint density at radius 3 is 2.56 bits per heavy atom. The van der Waals surface area contributed by atoms with E-state index in [1.165, 1.54) is 32.1 Å². The van der Waals surface area contributed by atoms with Gasteiger partial charge in [0.15, 0.2) is 0 Å². The minimum atomic E-state index is -0.975. The highest BCUT2D eigenvalue weighted by molar-refractivity contribution is 5.94. The summed E-state index contributed by atoms with van der Waals surface area (Å²) in [6.07, 6.45) is 11.9. The number of aliphatic hydroxyl groups excluding tert-OH is 1. The Labute approximate surface area is 269 Å². The number of amides is 1. The number of hydrogen-bond donors (Lipinski definition) is 2. The van der Waals surface area contributed by atoms with E-state index < -0.39 is 12.3 Å². The second-order valence-corrected chi connectivity index (χ2v) is 14.9. The zero-order chi connectivity index (χ0) is 31.6. The van der Waals surface area contributed by atoms with Crippen molar-refractivity contribution in [3.05, 3.63) is 59.2 Å². The molecule has 0 aliphatic heterocycles. The van der Waals surface area contributed by atoms with E-state index in [9.17, 15) is 15.0 Å². The average Bonchev–Trinajstić information content (AvgIpc) is 3.33. The summed E-state index contributed by atoms with van der Waals surface area (Å²) in [5.41, 5.74) is 2.56. The third-order valence-corrected chi connectivity index (χ3v) is 12.2. The maximum absolute atomic E-state index is 16.1. The van der Waals surface area contributed by atoms with Gasteiger partial charge in [0.25, 0.3) is 5.91 Å². The number of alkyl halides is 1. The molecule has 6 rings (SSSR count). The van der Waals surface area contributed by atoms with E-state index in [0.717, 1.165) is 80.5 Å². The van der Waals surface area contributed by atoms with Gasteiger partial charge in [0, 0.05) is 24.6 Å². The smallest absolute Gasteiger partial charge is 0.253 e. The van der Waals surface area contributed by atoms with E-state index in [-0.39, 0.29) is 28.9 Å². The van der Waals surface area contributed by atoms with Gasteiger partial charge in [0.2, 0.25) is 0 Å². The van der Waals surface area contributed by atoms with Crippen LogP contribution in [0.4, 0.5) is 4.39 Å². The third kappa shape index (κ3) is 6.77. The van der Waals surface area contributed by atoms with Gasteiger partial charge < -0.3 is 19.8 Å². The number of aromatic hydroxyl groups is 1. The number of ether oxygens (including phenoxy) is 1. The van der Waals surface area contributed by atoms with E-state index in [1.54, 1.807) is 6.07 Å². The highest BCUT2D eigenvalue weighted by atomic mass is 19.1. The number of rotatable bonds is 11. The molecule has 5 nitrogen and oxygen atoms in total. The van der Waals surface area contributed by atoms with Gasteiger partial charge in [0.1, 0.15) is 17.7 Å². The molecule has 1 amide bonds. The van der Waals surface area contributed by atoms with Crippen LogP contribution in [0.15, 0.2) is 42.5 Å². The van der Waals surface area contributed by atoms with Crippen LogP contribution in [0.2, 0.25) is 0 Å². The molecule has 6 heteroatoms. The number of phenols is 1. The molecule has 4 aliphatic rings. The molecule has 0 spiro atoms. The molecular weight excluding hydrogens is 565 g/mol. The van der Waals surface area contributed by atoms with Crippen LogP contribution < -0.4 is 4.74 Å². The molecule has 3 saturated carbocycles. The van der Waals surface area contributed by atoms with Gasteiger partial charge in [-0.05, 0) is 135 Å². The number of carbonyl (C=O) groups is 1. The van der Waals surface area contributed by atoms with Crippen LogP contribution in [0.25, 0.3) is 0 Å². The molecule has 0 aromatic heterocycles. The summed E-state index contributed by atoms with van der Waals surface area (Å²) in [5.74, 6) is 2.48. The van der Waals surface area contributed by atoms with Crippen molar-refractivity contribution in [3.8, 4) is 11.5 Å². The van der Waals surface area contributed by atoms with Crippen molar-refractivity contribution in [3.63, 3.8) is 0 Å². The summed E-state index contributed by atoms with van der Waals surface area (Å²) in [7, 11) is 0. The van der Waals surface area contributed by atoms with E-state index in [2.05, 4.69) is 11.8 Å². The molecule has 246 valence electrons. The van der Waals surface area contributed by atoms with Crippen molar-refractivity contribution in [2.75, 3.05) is 19.7 Å². The number of fused-ring (bicyclic) bond motifs is 5. The molecule has 45 heavy (non-hydrogen) atoms. The normalized spacial score (nSPS) is 31.1. The molecule has 7 atom stereocenters. The zero-order valence-corrected chi connectivity index (χ0v) is 27.4. The lowest BCUT2D eigenvalue weighted by Crippen LogP contribution is -2.51. The van der Waals surface area contributed by atoms with Gasteiger partial charge in [-0.1, -0.05) is 45.1 Å². The number of hydrogen-bond acceptors (Lipinski definition) is 4. The van der Waals surface area contributed by atoms with Crippen LogP contribution in [-0.2, 0) is 6.42 Å². The summed E-state index contributed by atoms with van der Waals surface area (Å²) in [4.78, 5) is 15.8. The van der Waals surface area contributed by atoms with Crippen LogP contribution in [0.5, 0.6) is 11.5 Å². The second-order valence-electron chi connectivity index (χ2n) is 14.9. The van der Waals surface area contributed by atoms with E-state index in [0.29, 0.717) is 30.8 Å². The molecule has 3 fully saturated rings. The van der Waals surface area contributed by atoms with Gasteiger partial charge in [-0.2, -0.15) is 0 Å². The van der Waals surface area contributed by atoms with E-state index in [1.807, 2.05) is 43.3 Å². The van der Waals surface area contributed by atoms with Gasteiger partial charge in [-0.3, -0.25) is 4.79 Å². The molecule has 0 saturated heterocycles. The molecule has 0 heterocycles. The molecule has 6 unspecified atom stereocenters. The topological polar surface area (TPSA) is 70.0 Å². The number of carbonyl (C=O) groups excluding carboxylic acids is 1. The number of phenolic OH excluding ortho intramolecular Hbond substituents is 1. The lowest BCUT2D eigenvalue weighted by Gasteiger charge is -2.54. The van der Waals surface area contributed by atoms with Crippen molar-refractivity contribution in [1.82, 2.24) is 4.90 Å². The quantitative estimate of drug-likeness (QED) is 0.248. The zero-order valence-electron chi connectivity index (χ0n) is 27.4. The molecule has 2 aromatic rings. The van der Waals surface area contributed by atoms with Crippen molar-refractivity contribution in [1.29, 1.82) is 0 Å². The number of unbranched alkanes of at least 4 members (excludes halogenated alkanes) is 2. The monoisotopic (exact) mass is 619 g/mol. The molecule has 0 radical (unpaired) electrons. The van der Waals surface area contributed by atoms with Crippen molar-refractivity contribution < 1.29 is 24.1 Å². The summed E-state index contributed by atoms with van der Waals surface area (Å²) >= 11 is 0. The van der Waals surface area contributed by atoms with Crippen molar-refractivity contribution >= 4 is 5.91 Å². The van der Waals surface area contributed by atoms with Gasteiger partial charge in [-0.15, -0.1) is 0 Å². The fraction of sp³-hybridized carbons (Fsp3) is 0.667. The summed E-state index contributed by atoms with van der Waals surface area (Å²) in [6.45, 7) is 6.29. The number of benzene rings is 2. The summed E-state index contributed by atoms with van der Waals surface area (Å²) in [6, 6.07) is 13.1. The Morgan fingerprint density at radius 1 is 1.02 bits per heavy atom. The van der Waals surface area contributed by atoms with Crippen LogP contribution in [-0.4, -0.2) is 53.0 Å². The maximum Gasteiger partial charge on any atom is 0.253 e. The van der Waals surface area contributed by atoms with Crippen LogP contribution in [0.3, 0.4) is 0 Å². The Kier molecular flexibility index (Phi) is 10.1. The standard InChI is InChI=1S/C39H54FNO4/c1-3-45-31-16-13-27(14-17-31)38(44)41(25-26-10-6-4-7-11-26)21-9-5-8-12-28-22-29-23-30(42)15-18-32(29)37-34(40)24-39(2)33(36(28)37)19-20-35(39)43/h13-18,23,26,28,33-37,42-43H,3-12,19-22,24-25H2,1-2H3/t28?,33?,34?,35?,36?,37?,39-/m0/s1. The minimum absolute atomic E-state index is 0.116. The minimum Gasteiger partial charge on any atom is -0.508 e. The Morgan fingerprint density at radius 2 is 1.80 bits per heavy atom. The average molecular weight is 620 g/mol. The van der Waals surface area contributed by atoms with Crippen molar-refractivity contribution in [2.24, 2.45) is 29.1 Å². The summed E-state index contributed by atoms with van der Waals surface area (Å²) < 4.78 is 21.7.